The molecule has 5 nitrogen and oxygen atoms in total. The number of nitrogens with one attached hydrogen (secondary N) is 1. The minimum Gasteiger partial charge on any atom is -0.345 e. The first-order valence-corrected chi connectivity index (χ1v) is 7.67. The van der Waals surface area contributed by atoms with Crippen molar-refractivity contribution in [3.8, 4) is 0 Å². The van der Waals surface area contributed by atoms with Crippen LogP contribution >= 0.6 is 11.6 Å². The normalized spacial score (nSPS) is 14.3. The quantitative estimate of drug-likeness (QED) is 0.945. The number of hydrogen-bond acceptors (Lipinski definition) is 3. The number of benzene rings is 1. The third-order valence-corrected chi connectivity index (χ3v) is 4.00. The van der Waals surface area contributed by atoms with Crippen LogP contribution < -0.4 is 5.32 Å². The fourth-order valence-electron chi connectivity index (χ4n) is 2.60. The van der Waals surface area contributed by atoms with E-state index in [0.717, 1.165) is 37.7 Å². The molecular formula is C15H16ClFN4O. The number of hydrogen-bond donors (Lipinski definition) is 1. The number of nitrogens with zero attached hydrogens (tertiary/aromatic N) is 3. The van der Waals surface area contributed by atoms with Crippen LogP contribution in [0.5, 0.6) is 0 Å². The maximum atomic E-state index is 13.7. The molecule has 2 heterocycles. The van der Waals surface area contributed by atoms with Crippen LogP contribution in [0.3, 0.4) is 0 Å². The average Bonchev–Trinajstić information content (AvgIpc) is 2.72. The van der Waals surface area contributed by atoms with E-state index in [-0.39, 0.29) is 17.1 Å². The van der Waals surface area contributed by atoms with E-state index in [2.05, 4.69) is 15.5 Å². The van der Waals surface area contributed by atoms with Crippen LogP contribution in [-0.4, -0.2) is 20.7 Å². The monoisotopic (exact) mass is 322 g/mol. The molecule has 7 heteroatoms. The summed E-state index contributed by atoms with van der Waals surface area (Å²) in [5.74, 6) is 0.546. The lowest BCUT2D eigenvalue weighted by molar-refractivity contribution is 0.0945. The first-order valence-electron chi connectivity index (χ1n) is 7.29. The van der Waals surface area contributed by atoms with Gasteiger partial charge in [-0.15, -0.1) is 10.2 Å². The van der Waals surface area contributed by atoms with Gasteiger partial charge in [0.15, 0.2) is 5.82 Å². The van der Waals surface area contributed by atoms with Crippen molar-refractivity contribution in [2.24, 2.45) is 0 Å². The molecule has 0 aliphatic carbocycles. The minimum absolute atomic E-state index is 0.0278. The zero-order valence-corrected chi connectivity index (χ0v) is 12.7. The van der Waals surface area contributed by atoms with Gasteiger partial charge < -0.3 is 9.88 Å². The van der Waals surface area contributed by atoms with Gasteiger partial charge in [0.1, 0.15) is 11.6 Å². The van der Waals surface area contributed by atoms with E-state index in [1.807, 2.05) is 4.57 Å². The van der Waals surface area contributed by atoms with Crippen molar-refractivity contribution in [3.63, 3.8) is 0 Å². The summed E-state index contributed by atoms with van der Waals surface area (Å²) in [4.78, 5) is 12.1. The van der Waals surface area contributed by atoms with Crippen molar-refractivity contribution < 1.29 is 9.18 Å². The summed E-state index contributed by atoms with van der Waals surface area (Å²) >= 11 is 5.68. The summed E-state index contributed by atoms with van der Waals surface area (Å²) in [6, 6.07) is 3.99. The topological polar surface area (TPSA) is 59.8 Å². The molecule has 1 aliphatic heterocycles. The van der Waals surface area contributed by atoms with E-state index in [1.165, 1.54) is 18.6 Å². The molecule has 1 aromatic heterocycles. The standard InChI is InChI=1S/C15H16ClFN4O/c16-10-5-6-11(12(17)8-10)15(22)18-9-14-20-19-13-4-2-1-3-7-21(13)14/h5-6,8H,1-4,7,9H2,(H,18,22). The number of carbonyl (C=O) groups excluding carboxylic acids is 1. The summed E-state index contributed by atoms with van der Waals surface area (Å²) in [7, 11) is 0. The van der Waals surface area contributed by atoms with Gasteiger partial charge in [0.05, 0.1) is 12.1 Å². The van der Waals surface area contributed by atoms with Crippen LogP contribution in [0.1, 0.15) is 41.3 Å². The molecule has 1 N–H and O–H groups in total. The Bertz CT molecular complexity index is 701. The highest BCUT2D eigenvalue weighted by molar-refractivity contribution is 6.30. The Hall–Kier alpha value is -1.95. The largest absolute Gasteiger partial charge is 0.345 e. The number of carbonyl (C=O) groups is 1. The van der Waals surface area contributed by atoms with Gasteiger partial charge in [0, 0.05) is 18.0 Å². The van der Waals surface area contributed by atoms with Gasteiger partial charge in [-0.1, -0.05) is 18.0 Å². The van der Waals surface area contributed by atoms with Crippen LogP contribution in [0, 0.1) is 5.82 Å². The molecule has 1 aliphatic rings. The van der Waals surface area contributed by atoms with Crippen LogP contribution in [0.15, 0.2) is 18.2 Å². The van der Waals surface area contributed by atoms with E-state index in [9.17, 15) is 9.18 Å². The van der Waals surface area contributed by atoms with Crippen molar-refractivity contribution in [1.82, 2.24) is 20.1 Å². The third kappa shape index (κ3) is 3.11. The molecule has 1 aromatic carbocycles. The van der Waals surface area contributed by atoms with Gasteiger partial charge in [0.2, 0.25) is 0 Å². The van der Waals surface area contributed by atoms with Crippen molar-refractivity contribution >= 4 is 17.5 Å². The van der Waals surface area contributed by atoms with Crippen molar-refractivity contribution in [1.29, 1.82) is 0 Å². The number of halogens is 2. The SMILES string of the molecule is O=C(NCc1nnc2n1CCCCC2)c1ccc(Cl)cc1F. The Kier molecular flexibility index (Phi) is 4.38. The van der Waals surface area contributed by atoms with E-state index >= 15 is 0 Å². The zero-order chi connectivity index (χ0) is 15.5. The smallest absolute Gasteiger partial charge is 0.254 e. The molecular weight excluding hydrogens is 307 g/mol. The number of fused-ring (bicyclic) bond motifs is 1. The molecule has 0 fully saturated rings. The van der Waals surface area contributed by atoms with E-state index < -0.39 is 11.7 Å². The molecule has 0 spiro atoms. The summed E-state index contributed by atoms with van der Waals surface area (Å²) in [5, 5.41) is 11.2. The summed E-state index contributed by atoms with van der Waals surface area (Å²) < 4.78 is 15.8. The lowest BCUT2D eigenvalue weighted by Gasteiger charge is -2.09. The number of amides is 1. The van der Waals surface area contributed by atoms with Crippen LogP contribution in [-0.2, 0) is 19.5 Å². The predicted octanol–water partition coefficient (Wildman–Crippen LogP) is 2.73. The van der Waals surface area contributed by atoms with Gasteiger partial charge in [-0.3, -0.25) is 4.79 Å². The second-order valence-corrected chi connectivity index (χ2v) is 5.74. The molecule has 1 amide bonds. The Morgan fingerprint density at radius 3 is 3.00 bits per heavy atom. The second-order valence-electron chi connectivity index (χ2n) is 5.30. The Morgan fingerprint density at radius 1 is 1.32 bits per heavy atom. The summed E-state index contributed by atoms with van der Waals surface area (Å²) in [6.07, 6.45) is 4.27. The fraction of sp³-hybridized carbons (Fsp3) is 0.400. The highest BCUT2D eigenvalue weighted by atomic mass is 35.5. The molecule has 0 radical (unpaired) electrons. The second kappa shape index (κ2) is 6.44. The number of aryl methyl sites for hydroxylation is 1. The van der Waals surface area contributed by atoms with Crippen molar-refractivity contribution in [2.75, 3.05) is 0 Å². The van der Waals surface area contributed by atoms with Gasteiger partial charge in [0.25, 0.3) is 5.91 Å². The lowest BCUT2D eigenvalue weighted by Crippen LogP contribution is -2.25. The Morgan fingerprint density at radius 2 is 2.18 bits per heavy atom. The molecule has 3 rings (SSSR count). The van der Waals surface area contributed by atoms with Crippen LogP contribution in [0.2, 0.25) is 5.02 Å². The zero-order valence-electron chi connectivity index (χ0n) is 12.0. The fourth-order valence-corrected chi connectivity index (χ4v) is 2.76. The van der Waals surface area contributed by atoms with E-state index in [0.29, 0.717) is 5.82 Å². The minimum atomic E-state index is -0.634. The highest BCUT2D eigenvalue weighted by Gasteiger charge is 2.16. The first kappa shape index (κ1) is 15.0. The highest BCUT2D eigenvalue weighted by Crippen LogP contribution is 2.16. The third-order valence-electron chi connectivity index (χ3n) is 3.77. The number of rotatable bonds is 3. The van der Waals surface area contributed by atoms with Gasteiger partial charge >= 0.3 is 0 Å². The Labute approximate surface area is 132 Å². The first-order chi connectivity index (χ1) is 10.6. The number of aromatic nitrogens is 3. The molecule has 0 unspecified atom stereocenters. The molecule has 0 bridgehead atoms. The van der Waals surface area contributed by atoms with Gasteiger partial charge in [-0.05, 0) is 31.0 Å². The molecule has 2 aromatic rings. The van der Waals surface area contributed by atoms with Crippen LogP contribution in [0.25, 0.3) is 0 Å². The molecule has 22 heavy (non-hydrogen) atoms. The molecule has 0 atom stereocenters. The molecule has 116 valence electrons. The maximum Gasteiger partial charge on any atom is 0.254 e. The maximum absolute atomic E-state index is 13.7. The van der Waals surface area contributed by atoms with Gasteiger partial charge in [-0.2, -0.15) is 0 Å². The van der Waals surface area contributed by atoms with Crippen molar-refractivity contribution in [3.05, 3.63) is 46.3 Å². The van der Waals surface area contributed by atoms with Gasteiger partial charge in [-0.25, -0.2) is 4.39 Å². The van der Waals surface area contributed by atoms with E-state index in [4.69, 9.17) is 11.6 Å². The lowest BCUT2D eigenvalue weighted by atomic mass is 10.2. The van der Waals surface area contributed by atoms with E-state index in [1.54, 1.807) is 0 Å². The summed E-state index contributed by atoms with van der Waals surface area (Å²) in [5.41, 5.74) is -0.0278. The Balaban J connectivity index is 1.70. The molecule has 0 saturated carbocycles. The van der Waals surface area contributed by atoms with Crippen molar-refractivity contribution in [2.45, 2.75) is 38.8 Å². The molecule has 0 saturated heterocycles. The summed E-state index contributed by atoms with van der Waals surface area (Å²) in [6.45, 7) is 1.09. The average molecular weight is 323 g/mol. The predicted molar refractivity (Wildman–Crippen MR) is 80.2 cm³/mol. The van der Waals surface area contributed by atoms with Crippen LogP contribution in [0.4, 0.5) is 4.39 Å².